The van der Waals surface area contributed by atoms with Crippen LogP contribution in [0.3, 0.4) is 0 Å². The number of thioether (sulfide) groups is 1. The van der Waals surface area contributed by atoms with Crippen LogP contribution in [0.4, 0.5) is 10.1 Å². The second kappa shape index (κ2) is 7.78. The monoisotopic (exact) mass is 333 g/mol. The summed E-state index contributed by atoms with van der Waals surface area (Å²) >= 11 is 1.50. The first-order valence-corrected chi connectivity index (χ1v) is 8.10. The van der Waals surface area contributed by atoms with Crippen LogP contribution in [0.25, 0.3) is 0 Å². The van der Waals surface area contributed by atoms with Gasteiger partial charge >= 0.3 is 5.97 Å². The summed E-state index contributed by atoms with van der Waals surface area (Å²) in [5.74, 6) is -1.68. The fourth-order valence-electron chi connectivity index (χ4n) is 1.87. The van der Waals surface area contributed by atoms with Crippen LogP contribution in [0.1, 0.15) is 15.9 Å². The van der Waals surface area contributed by atoms with Crippen molar-refractivity contribution in [1.29, 1.82) is 0 Å². The van der Waals surface area contributed by atoms with Crippen LogP contribution in [-0.2, 0) is 9.53 Å². The molecule has 23 heavy (non-hydrogen) atoms. The van der Waals surface area contributed by atoms with Crippen LogP contribution in [0.5, 0.6) is 0 Å². The Balaban J connectivity index is 1.93. The van der Waals surface area contributed by atoms with Crippen LogP contribution in [0.15, 0.2) is 47.4 Å². The van der Waals surface area contributed by atoms with E-state index in [1.807, 2.05) is 18.4 Å². The van der Waals surface area contributed by atoms with Crippen molar-refractivity contribution in [3.8, 4) is 0 Å². The average molecular weight is 333 g/mol. The minimum atomic E-state index is -0.739. The lowest BCUT2D eigenvalue weighted by molar-refractivity contribution is -0.119. The molecule has 0 aliphatic heterocycles. The summed E-state index contributed by atoms with van der Waals surface area (Å²) in [5.41, 5.74) is 1.17. The molecule has 0 unspecified atom stereocenters. The highest BCUT2D eigenvalue weighted by Gasteiger charge is 2.12. The first kappa shape index (κ1) is 17.0. The summed E-state index contributed by atoms with van der Waals surface area (Å²) in [6.07, 6.45) is 1.90. The number of benzene rings is 2. The van der Waals surface area contributed by atoms with Gasteiger partial charge in [0.05, 0.1) is 11.3 Å². The number of hydrogen-bond acceptors (Lipinski definition) is 4. The van der Waals surface area contributed by atoms with Crippen molar-refractivity contribution >= 4 is 29.3 Å². The lowest BCUT2D eigenvalue weighted by Crippen LogP contribution is -2.21. The molecule has 0 radical (unpaired) electrons. The van der Waals surface area contributed by atoms with Gasteiger partial charge in [0.25, 0.3) is 5.91 Å². The Morgan fingerprint density at radius 1 is 1.22 bits per heavy atom. The van der Waals surface area contributed by atoms with E-state index >= 15 is 0 Å². The lowest BCUT2D eigenvalue weighted by atomic mass is 10.1. The number of carbonyl (C=O) groups is 2. The van der Waals surface area contributed by atoms with Gasteiger partial charge in [-0.05, 0) is 43.0 Å². The Morgan fingerprint density at radius 2 is 1.96 bits per heavy atom. The largest absolute Gasteiger partial charge is 0.452 e. The number of amides is 1. The van der Waals surface area contributed by atoms with E-state index in [0.29, 0.717) is 11.3 Å². The van der Waals surface area contributed by atoms with Crippen molar-refractivity contribution in [3.63, 3.8) is 0 Å². The van der Waals surface area contributed by atoms with Crippen LogP contribution in [-0.4, -0.2) is 24.7 Å². The van der Waals surface area contributed by atoms with Gasteiger partial charge in [-0.3, -0.25) is 4.79 Å². The van der Waals surface area contributed by atoms with Crippen LogP contribution in [0, 0.1) is 12.7 Å². The van der Waals surface area contributed by atoms with Gasteiger partial charge in [-0.25, -0.2) is 9.18 Å². The molecule has 0 aliphatic rings. The maximum atomic E-state index is 13.4. The molecule has 4 nitrogen and oxygen atoms in total. The fourth-order valence-corrected chi connectivity index (χ4v) is 2.42. The molecule has 0 aliphatic carbocycles. The maximum Gasteiger partial charge on any atom is 0.338 e. The summed E-state index contributed by atoms with van der Waals surface area (Å²) in [6, 6.07) is 11.4. The molecule has 2 rings (SSSR count). The first-order chi connectivity index (χ1) is 11.0. The fraction of sp³-hybridized carbons (Fsp3) is 0.176. The number of hydrogen-bond donors (Lipinski definition) is 1. The maximum absolute atomic E-state index is 13.4. The highest BCUT2D eigenvalue weighted by Crippen LogP contribution is 2.24. The first-order valence-electron chi connectivity index (χ1n) is 6.87. The van der Waals surface area contributed by atoms with Crippen LogP contribution in [0.2, 0.25) is 0 Å². The summed E-state index contributed by atoms with van der Waals surface area (Å²) in [6.45, 7) is 1.16. The average Bonchev–Trinajstić information content (AvgIpc) is 2.55. The molecule has 2 aromatic carbocycles. The van der Waals surface area contributed by atoms with Gasteiger partial charge in [0.15, 0.2) is 6.61 Å². The van der Waals surface area contributed by atoms with E-state index in [0.717, 1.165) is 11.0 Å². The second-order valence-electron chi connectivity index (χ2n) is 4.79. The van der Waals surface area contributed by atoms with Crippen LogP contribution >= 0.6 is 11.8 Å². The summed E-state index contributed by atoms with van der Waals surface area (Å²) in [7, 11) is 0. The van der Waals surface area contributed by atoms with Gasteiger partial charge in [-0.1, -0.05) is 18.2 Å². The third-order valence-electron chi connectivity index (χ3n) is 3.12. The van der Waals surface area contributed by atoms with E-state index in [4.69, 9.17) is 4.74 Å². The topological polar surface area (TPSA) is 55.4 Å². The van der Waals surface area contributed by atoms with Crippen molar-refractivity contribution in [2.24, 2.45) is 0 Å². The molecule has 0 bridgehead atoms. The van der Waals surface area contributed by atoms with Crippen molar-refractivity contribution in [2.75, 3.05) is 18.2 Å². The third kappa shape index (κ3) is 4.56. The highest BCUT2D eigenvalue weighted by molar-refractivity contribution is 7.98. The molecular formula is C17H16FNO3S. The number of nitrogens with one attached hydrogen (secondary N) is 1. The Bertz CT molecular complexity index is 734. The number of ether oxygens (including phenoxy) is 1. The SMILES string of the molecule is CSc1ccccc1NC(=O)COC(=O)c1ccc(C)c(F)c1. The van der Waals surface area contributed by atoms with E-state index in [2.05, 4.69) is 5.32 Å². The third-order valence-corrected chi connectivity index (χ3v) is 3.92. The summed E-state index contributed by atoms with van der Waals surface area (Å²) < 4.78 is 18.3. The van der Waals surface area contributed by atoms with E-state index in [-0.39, 0.29) is 5.56 Å². The molecule has 1 N–H and O–H groups in total. The molecule has 0 saturated heterocycles. The smallest absolute Gasteiger partial charge is 0.338 e. The molecule has 1 amide bonds. The molecule has 0 atom stereocenters. The lowest BCUT2D eigenvalue weighted by Gasteiger charge is -2.09. The summed E-state index contributed by atoms with van der Waals surface area (Å²) in [5, 5.41) is 2.68. The number of carbonyl (C=O) groups excluding carboxylic acids is 2. The van der Waals surface area contributed by atoms with Crippen LogP contribution < -0.4 is 5.32 Å². The number of para-hydroxylation sites is 1. The predicted octanol–water partition coefficient (Wildman–Crippen LogP) is 3.65. The second-order valence-corrected chi connectivity index (χ2v) is 5.64. The number of halogens is 1. The van der Waals surface area contributed by atoms with Gasteiger partial charge in [0.2, 0.25) is 0 Å². The molecule has 0 heterocycles. The van der Waals surface area contributed by atoms with E-state index in [1.165, 1.54) is 23.9 Å². The summed E-state index contributed by atoms with van der Waals surface area (Å²) in [4.78, 5) is 24.6. The van der Waals surface area contributed by atoms with Gasteiger partial charge in [-0.15, -0.1) is 11.8 Å². The zero-order chi connectivity index (χ0) is 16.8. The molecule has 2 aromatic rings. The van der Waals surface area contributed by atoms with E-state index < -0.39 is 24.3 Å². The molecule has 0 saturated carbocycles. The number of aryl methyl sites for hydroxylation is 1. The Hall–Kier alpha value is -2.34. The van der Waals surface area contributed by atoms with Gasteiger partial charge in [-0.2, -0.15) is 0 Å². The Kier molecular flexibility index (Phi) is 5.76. The van der Waals surface area contributed by atoms with Gasteiger partial charge in [0, 0.05) is 4.90 Å². The van der Waals surface area contributed by atoms with Gasteiger partial charge in [0.1, 0.15) is 5.82 Å². The predicted molar refractivity (Wildman–Crippen MR) is 88.3 cm³/mol. The molecule has 0 aromatic heterocycles. The van der Waals surface area contributed by atoms with Crippen molar-refractivity contribution in [3.05, 3.63) is 59.4 Å². The van der Waals surface area contributed by atoms with Gasteiger partial charge < -0.3 is 10.1 Å². The zero-order valence-electron chi connectivity index (χ0n) is 12.8. The van der Waals surface area contributed by atoms with Crippen molar-refractivity contribution in [2.45, 2.75) is 11.8 Å². The minimum Gasteiger partial charge on any atom is -0.452 e. The minimum absolute atomic E-state index is 0.0745. The standard InChI is InChI=1S/C17H16FNO3S/c1-11-7-8-12(9-13(11)18)17(21)22-10-16(20)19-14-5-3-4-6-15(14)23-2/h3-9H,10H2,1-2H3,(H,19,20). The molecule has 0 fully saturated rings. The normalized spacial score (nSPS) is 10.2. The number of esters is 1. The molecule has 120 valence electrons. The van der Waals surface area contributed by atoms with Crippen molar-refractivity contribution in [1.82, 2.24) is 0 Å². The Morgan fingerprint density at radius 3 is 2.65 bits per heavy atom. The number of anilines is 1. The molecular weight excluding hydrogens is 317 g/mol. The molecule has 0 spiro atoms. The van der Waals surface area contributed by atoms with Crippen molar-refractivity contribution < 1.29 is 18.7 Å². The highest BCUT2D eigenvalue weighted by atomic mass is 32.2. The number of rotatable bonds is 5. The van der Waals surface area contributed by atoms with E-state index in [1.54, 1.807) is 19.1 Å². The Labute approximate surface area is 138 Å². The quantitative estimate of drug-likeness (QED) is 0.670. The zero-order valence-corrected chi connectivity index (χ0v) is 13.6. The molecule has 6 heteroatoms. The van der Waals surface area contributed by atoms with E-state index in [9.17, 15) is 14.0 Å².